The van der Waals surface area contributed by atoms with Gasteiger partial charge >= 0.3 is 10.2 Å². The number of benzene rings is 1. The summed E-state index contributed by atoms with van der Waals surface area (Å²) in [5.41, 5.74) is -0.0846. The molecular formula is C11H11FN4O3S. The van der Waals surface area contributed by atoms with E-state index in [2.05, 4.69) is 15.4 Å². The second-order valence-corrected chi connectivity index (χ2v) is 5.21. The summed E-state index contributed by atoms with van der Waals surface area (Å²) in [5.74, 6) is -0.448. The number of carbonyl (C=O) groups excluding carboxylic acids is 1. The van der Waals surface area contributed by atoms with Crippen LogP contribution in [-0.4, -0.2) is 29.1 Å². The molecule has 0 radical (unpaired) electrons. The number of nitrogens with one attached hydrogen (secondary N) is 1. The zero-order valence-corrected chi connectivity index (χ0v) is 11.0. The molecule has 1 N–H and O–H groups in total. The number of aromatic nitrogens is 3. The second-order valence-electron chi connectivity index (χ2n) is 3.89. The quantitative estimate of drug-likeness (QED) is 0.830. The highest BCUT2D eigenvalue weighted by atomic mass is 32.3. The molecule has 0 aliphatic rings. The van der Waals surface area contributed by atoms with Gasteiger partial charge in [-0.2, -0.15) is 13.5 Å². The molecule has 0 atom stereocenters. The molecular weight excluding hydrogens is 287 g/mol. The van der Waals surface area contributed by atoms with Gasteiger partial charge < -0.3 is 5.32 Å². The van der Waals surface area contributed by atoms with Gasteiger partial charge in [0.2, 0.25) is 5.91 Å². The number of halogens is 1. The molecule has 20 heavy (non-hydrogen) atoms. The first-order valence-corrected chi connectivity index (χ1v) is 7.01. The Balaban J connectivity index is 2.05. The van der Waals surface area contributed by atoms with Crippen molar-refractivity contribution in [3.8, 4) is 0 Å². The number of amides is 1. The SMILES string of the molecule is O=C(CCn1cncn1)Nc1ccccc1S(=O)(=O)F. The Labute approximate surface area is 114 Å². The normalized spacial score (nSPS) is 11.2. The topological polar surface area (TPSA) is 93.9 Å². The van der Waals surface area contributed by atoms with E-state index in [9.17, 15) is 17.1 Å². The smallest absolute Gasteiger partial charge is 0.325 e. The molecule has 0 saturated carbocycles. The summed E-state index contributed by atoms with van der Waals surface area (Å²) < 4.78 is 36.4. The summed E-state index contributed by atoms with van der Waals surface area (Å²) in [6, 6.07) is 5.28. The van der Waals surface area contributed by atoms with Gasteiger partial charge in [-0.05, 0) is 12.1 Å². The van der Waals surface area contributed by atoms with Gasteiger partial charge in [0.15, 0.2) is 0 Å². The minimum absolute atomic E-state index is 0.0596. The van der Waals surface area contributed by atoms with Crippen LogP contribution in [0.25, 0.3) is 0 Å². The first-order chi connectivity index (χ1) is 9.47. The van der Waals surface area contributed by atoms with Gasteiger partial charge in [0.1, 0.15) is 17.6 Å². The van der Waals surface area contributed by atoms with Gasteiger partial charge in [0, 0.05) is 6.42 Å². The highest BCUT2D eigenvalue weighted by Gasteiger charge is 2.17. The van der Waals surface area contributed by atoms with Gasteiger partial charge in [-0.25, -0.2) is 4.98 Å². The zero-order valence-electron chi connectivity index (χ0n) is 10.2. The van der Waals surface area contributed by atoms with Crippen LogP contribution >= 0.6 is 0 Å². The van der Waals surface area contributed by atoms with Crippen LogP contribution in [0.3, 0.4) is 0 Å². The lowest BCUT2D eigenvalue weighted by atomic mass is 10.3. The summed E-state index contributed by atoms with van der Waals surface area (Å²) in [5, 5.41) is 6.18. The molecule has 0 fully saturated rings. The van der Waals surface area contributed by atoms with Gasteiger partial charge in [-0.1, -0.05) is 12.1 Å². The number of aryl methyl sites for hydroxylation is 1. The Morgan fingerprint density at radius 2 is 2.10 bits per heavy atom. The van der Waals surface area contributed by atoms with Crippen LogP contribution in [0.2, 0.25) is 0 Å². The molecule has 1 aromatic carbocycles. The largest absolute Gasteiger partial charge is 0.334 e. The molecule has 2 rings (SSSR count). The molecule has 1 aromatic heterocycles. The van der Waals surface area contributed by atoms with Gasteiger partial charge in [0.25, 0.3) is 0 Å². The molecule has 9 heteroatoms. The molecule has 0 bridgehead atoms. The summed E-state index contributed by atoms with van der Waals surface area (Å²) in [7, 11) is -4.88. The molecule has 0 aliphatic heterocycles. The number of para-hydroxylation sites is 1. The van der Waals surface area contributed by atoms with Gasteiger partial charge in [-0.3, -0.25) is 9.48 Å². The van der Waals surface area contributed by atoms with E-state index in [1.165, 1.54) is 35.5 Å². The van der Waals surface area contributed by atoms with Crippen LogP contribution in [0.5, 0.6) is 0 Å². The first-order valence-electron chi connectivity index (χ1n) is 5.63. The minimum atomic E-state index is -4.88. The van der Waals surface area contributed by atoms with Crippen molar-refractivity contribution in [1.82, 2.24) is 14.8 Å². The maximum absolute atomic E-state index is 13.0. The van der Waals surface area contributed by atoms with Crippen molar-refractivity contribution in [1.29, 1.82) is 0 Å². The summed E-state index contributed by atoms with van der Waals surface area (Å²) in [6.45, 7) is 0.288. The molecule has 106 valence electrons. The van der Waals surface area contributed by atoms with E-state index in [0.717, 1.165) is 6.07 Å². The van der Waals surface area contributed by atoms with Crippen molar-refractivity contribution in [3.05, 3.63) is 36.9 Å². The third-order valence-electron chi connectivity index (χ3n) is 2.46. The van der Waals surface area contributed by atoms with Crippen molar-refractivity contribution in [3.63, 3.8) is 0 Å². The monoisotopic (exact) mass is 298 g/mol. The van der Waals surface area contributed by atoms with E-state index < -0.39 is 21.0 Å². The Morgan fingerprint density at radius 3 is 2.75 bits per heavy atom. The standard InChI is InChI=1S/C11H11FN4O3S/c12-20(18,19)10-4-2-1-3-9(10)15-11(17)5-6-16-8-13-7-14-16/h1-4,7-8H,5-6H2,(H,15,17). The van der Waals surface area contributed by atoms with E-state index in [-0.39, 0.29) is 18.7 Å². The summed E-state index contributed by atoms with van der Waals surface area (Å²) in [4.78, 5) is 14.9. The predicted molar refractivity (Wildman–Crippen MR) is 68.0 cm³/mol. The Bertz CT molecular complexity index is 700. The third kappa shape index (κ3) is 3.60. The van der Waals surface area contributed by atoms with E-state index in [4.69, 9.17) is 0 Å². The van der Waals surface area contributed by atoms with E-state index in [1.54, 1.807) is 0 Å². The number of anilines is 1. The van der Waals surface area contributed by atoms with Gasteiger partial charge in [0.05, 0.1) is 12.2 Å². The fourth-order valence-corrected chi connectivity index (χ4v) is 2.18. The first kappa shape index (κ1) is 14.1. The molecule has 1 amide bonds. The van der Waals surface area contributed by atoms with Gasteiger partial charge in [-0.15, -0.1) is 3.89 Å². The van der Waals surface area contributed by atoms with Crippen LogP contribution in [0.15, 0.2) is 41.8 Å². The Morgan fingerprint density at radius 1 is 1.35 bits per heavy atom. The van der Waals surface area contributed by atoms with Crippen LogP contribution < -0.4 is 5.32 Å². The average molecular weight is 298 g/mol. The fourth-order valence-electron chi connectivity index (χ4n) is 1.56. The zero-order chi connectivity index (χ0) is 14.6. The number of carbonyl (C=O) groups is 1. The van der Waals surface area contributed by atoms with Crippen molar-refractivity contribution in [2.45, 2.75) is 17.9 Å². The van der Waals surface area contributed by atoms with Crippen molar-refractivity contribution in [2.75, 3.05) is 5.32 Å². The maximum atomic E-state index is 13.0. The number of rotatable bonds is 5. The lowest BCUT2D eigenvalue weighted by Gasteiger charge is -2.08. The average Bonchev–Trinajstić information content (AvgIpc) is 2.89. The predicted octanol–water partition coefficient (Wildman–Crippen LogP) is 0.965. The fraction of sp³-hybridized carbons (Fsp3) is 0.182. The Hall–Kier alpha value is -2.29. The van der Waals surface area contributed by atoms with E-state index in [0.29, 0.717) is 0 Å². The third-order valence-corrected chi connectivity index (χ3v) is 3.34. The van der Waals surface area contributed by atoms with Crippen molar-refractivity contribution >= 4 is 21.8 Å². The Kier molecular flexibility index (Phi) is 4.08. The second kappa shape index (κ2) is 5.78. The lowest BCUT2D eigenvalue weighted by molar-refractivity contribution is -0.116. The molecule has 0 unspecified atom stereocenters. The van der Waals surface area contributed by atoms with Crippen LogP contribution in [0, 0.1) is 0 Å². The number of hydrogen-bond acceptors (Lipinski definition) is 5. The highest BCUT2D eigenvalue weighted by Crippen LogP contribution is 2.22. The molecule has 2 aromatic rings. The van der Waals surface area contributed by atoms with E-state index >= 15 is 0 Å². The summed E-state index contributed by atoms with van der Waals surface area (Å²) in [6.07, 6.45) is 2.85. The van der Waals surface area contributed by atoms with Crippen LogP contribution in [0.4, 0.5) is 9.57 Å². The molecule has 0 spiro atoms. The van der Waals surface area contributed by atoms with E-state index in [1.807, 2.05) is 0 Å². The number of nitrogens with zero attached hydrogens (tertiary/aromatic N) is 3. The lowest BCUT2D eigenvalue weighted by Crippen LogP contribution is -2.16. The summed E-state index contributed by atoms with van der Waals surface area (Å²) >= 11 is 0. The molecule has 0 saturated heterocycles. The minimum Gasteiger partial charge on any atom is -0.325 e. The van der Waals surface area contributed by atoms with Crippen LogP contribution in [-0.2, 0) is 21.6 Å². The molecule has 7 nitrogen and oxygen atoms in total. The molecule has 0 aliphatic carbocycles. The van der Waals surface area contributed by atoms with Crippen molar-refractivity contribution < 1.29 is 17.1 Å². The molecule has 1 heterocycles. The number of hydrogen-bond donors (Lipinski definition) is 1. The maximum Gasteiger partial charge on any atom is 0.334 e. The van der Waals surface area contributed by atoms with Crippen LogP contribution in [0.1, 0.15) is 6.42 Å². The van der Waals surface area contributed by atoms with Crippen molar-refractivity contribution in [2.24, 2.45) is 0 Å². The highest BCUT2D eigenvalue weighted by molar-refractivity contribution is 7.86.